The maximum atomic E-state index is 13.0. The quantitative estimate of drug-likeness (QED) is 0.505. The van der Waals surface area contributed by atoms with Gasteiger partial charge in [-0.3, -0.25) is 4.79 Å². The number of hydrogen-bond donors (Lipinski definition) is 1. The van der Waals surface area contributed by atoms with Crippen LogP contribution < -0.4 is 5.43 Å². The first-order valence-electron chi connectivity index (χ1n) is 8.52. The van der Waals surface area contributed by atoms with Crippen LogP contribution in [0.15, 0.2) is 65.8 Å². The van der Waals surface area contributed by atoms with Crippen LogP contribution in [0.1, 0.15) is 32.9 Å². The maximum Gasteiger partial charge on any atom is 0.416 e. The largest absolute Gasteiger partial charge is 0.416 e. The number of hydrazone groups is 1. The lowest BCUT2D eigenvalue weighted by Crippen LogP contribution is -2.17. The van der Waals surface area contributed by atoms with Crippen LogP contribution in [0.2, 0.25) is 0 Å². The van der Waals surface area contributed by atoms with Gasteiger partial charge in [-0.05, 0) is 50.2 Å². The van der Waals surface area contributed by atoms with E-state index in [1.807, 2.05) is 6.07 Å². The molecule has 1 aromatic heterocycles. The minimum absolute atomic E-state index is 0.344. The van der Waals surface area contributed by atoms with E-state index in [0.29, 0.717) is 16.8 Å². The van der Waals surface area contributed by atoms with Crippen molar-refractivity contribution in [3.05, 3.63) is 88.7 Å². The number of aryl methyl sites for hydroxylation is 1. The number of carbonyl (C=O) groups excluding carboxylic acids is 1. The third-order valence-electron chi connectivity index (χ3n) is 4.31. The van der Waals surface area contributed by atoms with Crippen molar-refractivity contribution >= 4 is 12.1 Å². The number of carbonyl (C=O) groups is 1. The van der Waals surface area contributed by atoms with Crippen molar-refractivity contribution in [3.8, 4) is 5.69 Å². The normalized spacial score (nSPS) is 11.8. The standard InChI is InChI=1S/C21H18F3N3O/c1-14-11-17(13-25-26-20(28)16-7-4-3-5-8-16)15(2)27(14)19-10-6-9-18(12-19)21(22,23)24/h3-13H,1-2H3,(H,26,28)/b25-13-. The Labute approximate surface area is 160 Å². The molecule has 0 unspecified atom stereocenters. The van der Waals surface area contributed by atoms with Gasteiger partial charge in [0, 0.05) is 28.2 Å². The molecule has 0 radical (unpaired) electrons. The van der Waals surface area contributed by atoms with Gasteiger partial charge in [0.05, 0.1) is 11.8 Å². The number of nitrogens with one attached hydrogen (secondary N) is 1. The fourth-order valence-corrected chi connectivity index (χ4v) is 2.95. The lowest BCUT2D eigenvalue weighted by molar-refractivity contribution is -0.137. The highest BCUT2D eigenvalue weighted by atomic mass is 19.4. The Bertz CT molecular complexity index is 1020. The summed E-state index contributed by atoms with van der Waals surface area (Å²) in [6.45, 7) is 3.58. The predicted octanol–water partition coefficient (Wildman–Crippen LogP) is 4.88. The molecule has 28 heavy (non-hydrogen) atoms. The highest BCUT2D eigenvalue weighted by molar-refractivity contribution is 5.94. The zero-order valence-electron chi connectivity index (χ0n) is 15.3. The van der Waals surface area contributed by atoms with E-state index in [-0.39, 0.29) is 5.91 Å². The van der Waals surface area contributed by atoms with Crippen LogP contribution in [0.3, 0.4) is 0 Å². The average molecular weight is 385 g/mol. The summed E-state index contributed by atoms with van der Waals surface area (Å²) < 4.78 is 40.7. The number of hydrogen-bond acceptors (Lipinski definition) is 2. The molecule has 0 fully saturated rings. The van der Waals surface area contributed by atoms with E-state index in [9.17, 15) is 18.0 Å². The molecule has 0 spiro atoms. The minimum atomic E-state index is -4.41. The van der Waals surface area contributed by atoms with Crippen molar-refractivity contribution in [2.75, 3.05) is 0 Å². The summed E-state index contributed by atoms with van der Waals surface area (Å²) in [6.07, 6.45) is -2.93. The molecule has 2 aromatic carbocycles. The van der Waals surface area contributed by atoms with Gasteiger partial charge >= 0.3 is 6.18 Å². The fourth-order valence-electron chi connectivity index (χ4n) is 2.95. The van der Waals surface area contributed by atoms with Gasteiger partial charge in [0.1, 0.15) is 0 Å². The van der Waals surface area contributed by atoms with Gasteiger partial charge in [-0.1, -0.05) is 24.3 Å². The predicted molar refractivity (Wildman–Crippen MR) is 102 cm³/mol. The summed E-state index contributed by atoms with van der Waals surface area (Å²) >= 11 is 0. The summed E-state index contributed by atoms with van der Waals surface area (Å²) in [5.74, 6) is -0.344. The lowest BCUT2D eigenvalue weighted by Gasteiger charge is -2.13. The smallest absolute Gasteiger partial charge is 0.318 e. The first-order chi connectivity index (χ1) is 13.3. The second-order valence-corrected chi connectivity index (χ2v) is 6.28. The van der Waals surface area contributed by atoms with Crippen LogP contribution in [-0.4, -0.2) is 16.7 Å². The van der Waals surface area contributed by atoms with E-state index >= 15 is 0 Å². The Hall–Kier alpha value is -3.35. The van der Waals surface area contributed by atoms with E-state index in [2.05, 4.69) is 10.5 Å². The second-order valence-electron chi connectivity index (χ2n) is 6.28. The van der Waals surface area contributed by atoms with Crippen LogP contribution >= 0.6 is 0 Å². The van der Waals surface area contributed by atoms with Gasteiger partial charge < -0.3 is 4.57 Å². The molecular weight excluding hydrogens is 367 g/mol. The van der Waals surface area contributed by atoms with Crippen molar-refractivity contribution in [2.45, 2.75) is 20.0 Å². The molecule has 1 N–H and O–H groups in total. The zero-order chi connectivity index (χ0) is 20.3. The molecule has 4 nitrogen and oxygen atoms in total. The van der Waals surface area contributed by atoms with Gasteiger partial charge in [-0.2, -0.15) is 18.3 Å². The highest BCUT2D eigenvalue weighted by Gasteiger charge is 2.30. The maximum absolute atomic E-state index is 13.0. The van der Waals surface area contributed by atoms with Crippen molar-refractivity contribution in [1.82, 2.24) is 9.99 Å². The molecule has 0 saturated heterocycles. The Morgan fingerprint density at radius 3 is 2.43 bits per heavy atom. The van der Waals surface area contributed by atoms with Gasteiger partial charge in [0.15, 0.2) is 0 Å². The first-order valence-corrected chi connectivity index (χ1v) is 8.52. The molecule has 3 rings (SSSR count). The van der Waals surface area contributed by atoms with Crippen LogP contribution in [0.25, 0.3) is 5.69 Å². The van der Waals surface area contributed by atoms with Crippen molar-refractivity contribution in [1.29, 1.82) is 0 Å². The molecular formula is C21H18F3N3O. The summed E-state index contributed by atoms with van der Waals surface area (Å²) in [5.41, 5.74) is 4.81. The molecule has 0 bridgehead atoms. The zero-order valence-corrected chi connectivity index (χ0v) is 15.3. The molecule has 144 valence electrons. The average Bonchev–Trinajstić information content (AvgIpc) is 2.95. The SMILES string of the molecule is Cc1cc(/C=N\NC(=O)c2ccccc2)c(C)n1-c1cccc(C(F)(F)F)c1. The number of rotatable bonds is 4. The number of nitrogens with zero attached hydrogens (tertiary/aromatic N) is 2. The number of benzene rings is 2. The summed E-state index contributed by atoms with van der Waals surface area (Å²) in [4.78, 5) is 12.0. The van der Waals surface area contributed by atoms with Crippen molar-refractivity contribution < 1.29 is 18.0 Å². The van der Waals surface area contributed by atoms with E-state index in [1.54, 1.807) is 54.8 Å². The van der Waals surface area contributed by atoms with Crippen molar-refractivity contribution in [2.24, 2.45) is 5.10 Å². The van der Waals surface area contributed by atoms with Gasteiger partial charge in [-0.25, -0.2) is 5.43 Å². The molecule has 0 aliphatic carbocycles. The van der Waals surface area contributed by atoms with Gasteiger partial charge in [0.25, 0.3) is 5.91 Å². The molecule has 3 aromatic rings. The summed E-state index contributed by atoms with van der Waals surface area (Å²) in [6, 6.07) is 15.6. The van der Waals surface area contributed by atoms with E-state index < -0.39 is 11.7 Å². The molecule has 0 aliphatic rings. The highest BCUT2D eigenvalue weighted by Crippen LogP contribution is 2.31. The Balaban J connectivity index is 1.84. The second kappa shape index (κ2) is 7.72. The van der Waals surface area contributed by atoms with Crippen LogP contribution in [0.5, 0.6) is 0 Å². The fraction of sp³-hybridized carbons (Fsp3) is 0.143. The van der Waals surface area contributed by atoms with Crippen LogP contribution in [0, 0.1) is 13.8 Å². The van der Waals surface area contributed by atoms with E-state index in [0.717, 1.165) is 23.5 Å². The Morgan fingerprint density at radius 1 is 1.04 bits per heavy atom. The van der Waals surface area contributed by atoms with E-state index in [1.165, 1.54) is 12.3 Å². The molecule has 7 heteroatoms. The molecule has 1 amide bonds. The first kappa shape index (κ1) is 19.4. The minimum Gasteiger partial charge on any atom is -0.318 e. The van der Waals surface area contributed by atoms with Crippen molar-refractivity contribution in [3.63, 3.8) is 0 Å². The lowest BCUT2D eigenvalue weighted by atomic mass is 10.2. The molecule has 0 saturated carbocycles. The van der Waals surface area contributed by atoms with Gasteiger partial charge in [0.2, 0.25) is 0 Å². The molecule has 1 heterocycles. The third-order valence-corrected chi connectivity index (χ3v) is 4.31. The van der Waals surface area contributed by atoms with Crippen LogP contribution in [0.4, 0.5) is 13.2 Å². The number of halogens is 3. The van der Waals surface area contributed by atoms with Crippen LogP contribution in [-0.2, 0) is 6.18 Å². The number of aromatic nitrogens is 1. The Kier molecular flexibility index (Phi) is 5.35. The Morgan fingerprint density at radius 2 is 1.75 bits per heavy atom. The number of amides is 1. The summed E-state index contributed by atoms with van der Waals surface area (Å²) in [5, 5.41) is 3.97. The summed E-state index contributed by atoms with van der Waals surface area (Å²) in [7, 11) is 0. The number of alkyl halides is 3. The molecule has 0 atom stereocenters. The third kappa shape index (κ3) is 4.14. The topological polar surface area (TPSA) is 46.4 Å². The van der Waals surface area contributed by atoms with E-state index in [4.69, 9.17) is 0 Å². The molecule has 0 aliphatic heterocycles. The van der Waals surface area contributed by atoms with Gasteiger partial charge in [-0.15, -0.1) is 0 Å². The monoisotopic (exact) mass is 385 g/mol.